The highest BCUT2D eigenvalue weighted by molar-refractivity contribution is 8.15. The minimum atomic E-state index is -1.21. The molecule has 0 amide bonds. The van der Waals surface area contributed by atoms with E-state index >= 15 is 4.39 Å². The normalized spacial score (nSPS) is 26.1. The molecule has 1 N–H and O–H groups in total. The summed E-state index contributed by atoms with van der Waals surface area (Å²) in [5.41, 5.74) is 0.966. The van der Waals surface area contributed by atoms with E-state index in [2.05, 4.69) is 73.4 Å². The molecule has 3 aliphatic carbocycles. The third-order valence-electron chi connectivity index (χ3n) is 7.51. The number of tetrazole rings is 1. The number of phenolic OH excluding ortho intramolecular Hbond substituents is 1. The van der Waals surface area contributed by atoms with Crippen LogP contribution in [0.4, 0.5) is 10.2 Å². The van der Waals surface area contributed by atoms with Gasteiger partial charge in [0.2, 0.25) is 9.36 Å². The zero-order chi connectivity index (χ0) is 25.0. The molecule has 190 valence electrons. The van der Waals surface area contributed by atoms with Gasteiger partial charge in [-0.1, -0.05) is 18.9 Å². The van der Waals surface area contributed by atoms with Gasteiger partial charge in [-0.25, -0.2) is 9.37 Å². The average Bonchev–Trinajstić information content (AvgIpc) is 3.55. The first-order valence-electron chi connectivity index (χ1n) is 12.2. The number of aromatic nitrogens is 7. The van der Waals surface area contributed by atoms with Crippen molar-refractivity contribution in [3.05, 3.63) is 24.4 Å². The summed E-state index contributed by atoms with van der Waals surface area (Å²) in [4.78, 5) is 7.78. The fourth-order valence-electron chi connectivity index (χ4n) is 5.70. The summed E-state index contributed by atoms with van der Waals surface area (Å²) in [6.07, 6.45) is 8.09. The topological polar surface area (TPSA) is 106 Å². The number of alkyl halides is 1. The van der Waals surface area contributed by atoms with Gasteiger partial charge in [0.15, 0.2) is 11.6 Å². The Hall–Kier alpha value is -2.12. The average molecular weight is 547 g/mol. The SMILES string of the molecule is Oc1cc(-c2nnn(C(S)(S)S)n2)ccc1-c1ncc(N(C2CC2)[C@H]2C[C@@H]3CCC[C@@H](C3)[C@H]2F)nn1. The third-order valence-corrected chi connectivity index (χ3v) is 8.04. The highest BCUT2D eigenvalue weighted by Crippen LogP contribution is 2.46. The van der Waals surface area contributed by atoms with Crippen LogP contribution in [0.25, 0.3) is 22.8 Å². The second kappa shape index (κ2) is 9.32. The molecule has 13 heteroatoms. The van der Waals surface area contributed by atoms with Gasteiger partial charge < -0.3 is 10.0 Å². The lowest BCUT2D eigenvalue weighted by Crippen LogP contribution is -2.52. The van der Waals surface area contributed by atoms with Crippen molar-refractivity contribution < 1.29 is 9.50 Å². The molecule has 6 rings (SSSR count). The number of aromatic hydroxyl groups is 1. The van der Waals surface area contributed by atoms with Gasteiger partial charge in [-0.3, -0.25) is 0 Å². The maximum atomic E-state index is 15.5. The molecular formula is C23H27FN8OS3. The van der Waals surface area contributed by atoms with E-state index in [0.29, 0.717) is 28.9 Å². The standard InChI is InChI=1S/C23H27FN8OS3/c24-20-13-3-1-2-12(8-13)9-17(20)31(15-5-6-15)19-11-25-22(27-26-19)16-7-4-14(10-18(16)33)21-28-30-32(29-21)23(34,35)36/h4,7,10-13,15,17,20,33-36H,1-3,5-6,8-9H2/t12-,13+,17+,20-/m1/s1. The molecule has 36 heavy (non-hydrogen) atoms. The van der Waals surface area contributed by atoms with Crippen molar-refractivity contribution in [3.63, 3.8) is 0 Å². The zero-order valence-corrected chi connectivity index (χ0v) is 22.1. The Morgan fingerprint density at radius 3 is 2.53 bits per heavy atom. The van der Waals surface area contributed by atoms with E-state index in [4.69, 9.17) is 0 Å². The Morgan fingerprint density at radius 1 is 1.03 bits per heavy atom. The van der Waals surface area contributed by atoms with E-state index < -0.39 is 9.71 Å². The Bertz CT molecular complexity index is 1250. The van der Waals surface area contributed by atoms with Crippen LogP contribution in [0.5, 0.6) is 5.75 Å². The summed E-state index contributed by atoms with van der Waals surface area (Å²) >= 11 is 12.5. The van der Waals surface area contributed by atoms with E-state index in [9.17, 15) is 5.11 Å². The quantitative estimate of drug-likeness (QED) is 0.270. The van der Waals surface area contributed by atoms with E-state index in [1.54, 1.807) is 18.3 Å². The molecular weight excluding hydrogens is 520 g/mol. The number of fused-ring (bicyclic) bond motifs is 2. The van der Waals surface area contributed by atoms with Gasteiger partial charge >= 0.3 is 0 Å². The van der Waals surface area contributed by atoms with Gasteiger partial charge in [-0.15, -0.1) is 63.1 Å². The molecule has 3 aromatic rings. The molecule has 2 aromatic heterocycles. The first kappa shape index (κ1) is 24.2. The predicted molar refractivity (Wildman–Crippen MR) is 143 cm³/mol. The Labute approximate surface area is 224 Å². The third kappa shape index (κ3) is 4.65. The van der Waals surface area contributed by atoms with Crippen molar-refractivity contribution in [2.75, 3.05) is 4.90 Å². The Balaban J connectivity index is 1.24. The van der Waals surface area contributed by atoms with Crippen LogP contribution in [-0.2, 0) is 3.54 Å². The number of halogens is 1. The summed E-state index contributed by atoms with van der Waals surface area (Å²) in [5, 5.41) is 31.5. The molecule has 0 radical (unpaired) electrons. The number of benzene rings is 1. The molecule has 3 aliphatic rings. The minimum Gasteiger partial charge on any atom is -0.507 e. The van der Waals surface area contributed by atoms with Crippen molar-refractivity contribution >= 4 is 43.7 Å². The number of phenols is 1. The molecule has 0 aliphatic heterocycles. The second-order valence-electron chi connectivity index (χ2n) is 10.1. The number of hydrogen-bond donors (Lipinski definition) is 4. The lowest BCUT2D eigenvalue weighted by molar-refractivity contribution is 0.0631. The van der Waals surface area contributed by atoms with Gasteiger partial charge in [0.1, 0.15) is 11.9 Å². The highest BCUT2D eigenvalue weighted by atomic mass is 32.2. The maximum absolute atomic E-state index is 15.5. The summed E-state index contributed by atoms with van der Waals surface area (Å²) in [7, 11) is 0. The van der Waals surface area contributed by atoms with Crippen LogP contribution in [0, 0.1) is 11.8 Å². The zero-order valence-electron chi connectivity index (χ0n) is 19.4. The van der Waals surface area contributed by atoms with Gasteiger partial charge in [0, 0.05) is 11.6 Å². The first-order chi connectivity index (χ1) is 17.3. The highest BCUT2D eigenvalue weighted by Gasteiger charge is 2.46. The Kier molecular flexibility index (Phi) is 6.27. The maximum Gasteiger partial charge on any atom is 0.213 e. The van der Waals surface area contributed by atoms with Crippen molar-refractivity contribution in [1.82, 2.24) is 35.4 Å². The predicted octanol–water partition coefficient (Wildman–Crippen LogP) is 4.14. The molecule has 3 fully saturated rings. The van der Waals surface area contributed by atoms with E-state index in [-0.39, 0.29) is 29.4 Å². The Morgan fingerprint density at radius 2 is 1.86 bits per heavy atom. The molecule has 4 atom stereocenters. The van der Waals surface area contributed by atoms with Crippen molar-refractivity contribution in [3.8, 4) is 28.5 Å². The first-order valence-corrected chi connectivity index (χ1v) is 13.6. The van der Waals surface area contributed by atoms with Crippen LogP contribution < -0.4 is 4.90 Å². The lowest BCUT2D eigenvalue weighted by atomic mass is 9.69. The van der Waals surface area contributed by atoms with Gasteiger partial charge in [0.05, 0.1) is 17.8 Å². The van der Waals surface area contributed by atoms with Crippen molar-refractivity contribution in [2.24, 2.45) is 11.8 Å². The van der Waals surface area contributed by atoms with Crippen LogP contribution in [0.1, 0.15) is 44.9 Å². The van der Waals surface area contributed by atoms with Crippen molar-refractivity contribution in [2.45, 2.75) is 66.7 Å². The number of anilines is 1. The largest absolute Gasteiger partial charge is 0.507 e. The number of nitrogens with zero attached hydrogens (tertiary/aromatic N) is 8. The lowest BCUT2D eigenvalue weighted by Gasteiger charge is -2.46. The number of thiol groups is 3. The fourth-order valence-corrected chi connectivity index (χ4v) is 5.95. The summed E-state index contributed by atoms with van der Waals surface area (Å²) < 4.78 is 14.3. The minimum absolute atomic E-state index is 0.0461. The van der Waals surface area contributed by atoms with E-state index in [1.807, 2.05) is 0 Å². The monoisotopic (exact) mass is 546 g/mol. The number of hydrogen-bond acceptors (Lipinski definition) is 11. The molecule has 2 bridgehead atoms. The smallest absolute Gasteiger partial charge is 0.213 e. The van der Waals surface area contributed by atoms with Crippen LogP contribution in [0.2, 0.25) is 0 Å². The molecule has 9 nitrogen and oxygen atoms in total. The molecule has 0 unspecified atom stereocenters. The summed E-state index contributed by atoms with van der Waals surface area (Å²) in [6.45, 7) is 0. The van der Waals surface area contributed by atoms with Crippen LogP contribution in [-0.4, -0.2) is 58.8 Å². The molecule has 0 spiro atoms. The van der Waals surface area contributed by atoms with Gasteiger partial charge in [0.25, 0.3) is 0 Å². The second-order valence-corrected chi connectivity index (χ2v) is 13.1. The van der Waals surface area contributed by atoms with E-state index in [0.717, 1.165) is 43.3 Å². The molecule has 3 saturated carbocycles. The fraction of sp³-hybridized carbons (Fsp3) is 0.565. The van der Waals surface area contributed by atoms with Crippen LogP contribution in [0.15, 0.2) is 24.4 Å². The van der Waals surface area contributed by atoms with Gasteiger partial charge in [-0.2, -0.15) is 0 Å². The molecule has 0 saturated heterocycles. The summed E-state index contributed by atoms with van der Waals surface area (Å²) in [6, 6.07) is 5.05. The van der Waals surface area contributed by atoms with Crippen LogP contribution in [0.3, 0.4) is 0 Å². The summed E-state index contributed by atoms with van der Waals surface area (Å²) in [5.74, 6) is 1.88. The van der Waals surface area contributed by atoms with Crippen molar-refractivity contribution in [1.29, 1.82) is 0 Å². The molecule has 2 heterocycles. The van der Waals surface area contributed by atoms with Gasteiger partial charge in [-0.05, 0) is 61.3 Å². The molecule has 1 aromatic carbocycles. The van der Waals surface area contributed by atoms with Crippen LogP contribution >= 0.6 is 37.9 Å². The van der Waals surface area contributed by atoms with E-state index in [1.165, 1.54) is 12.5 Å². The number of rotatable bonds is 6.